The number of hydrogen-bond donors (Lipinski definition) is 1. The van der Waals surface area contributed by atoms with E-state index in [4.69, 9.17) is 0 Å². The molecule has 18 heavy (non-hydrogen) atoms. The van der Waals surface area contributed by atoms with Crippen molar-refractivity contribution in [1.82, 2.24) is 5.32 Å². The molecule has 5 heteroatoms. The summed E-state index contributed by atoms with van der Waals surface area (Å²) in [5, 5.41) is 6.77. The molecule has 2 rings (SSSR count). The van der Waals surface area contributed by atoms with Gasteiger partial charge in [-0.2, -0.15) is 11.3 Å². The Morgan fingerprint density at radius 2 is 2.22 bits per heavy atom. The van der Waals surface area contributed by atoms with E-state index in [1.54, 1.807) is 17.4 Å². The van der Waals surface area contributed by atoms with Crippen LogP contribution >= 0.6 is 27.3 Å². The highest BCUT2D eigenvalue weighted by Crippen LogP contribution is 2.22. The number of amides is 1. The van der Waals surface area contributed by atoms with E-state index in [0.717, 1.165) is 5.56 Å². The molecule has 94 valence electrons. The van der Waals surface area contributed by atoms with E-state index in [2.05, 4.69) is 21.2 Å². The Balaban J connectivity index is 2.15. The highest BCUT2D eigenvalue weighted by molar-refractivity contribution is 9.10. The summed E-state index contributed by atoms with van der Waals surface area (Å²) in [6, 6.07) is 6.27. The minimum Gasteiger partial charge on any atom is -0.345 e. The maximum Gasteiger partial charge on any atom is 0.253 e. The average molecular weight is 328 g/mol. The van der Waals surface area contributed by atoms with Crippen molar-refractivity contribution in [2.45, 2.75) is 13.0 Å². The van der Waals surface area contributed by atoms with Gasteiger partial charge in [-0.15, -0.1) is 0 Å². The Kier molecular flexibility index (Phi) is 4.14. The minimum absolute atomic E-state index is 0.0982. The number of carbonyl (C=O) groups is 1. The van der Waals surface area contributed by atoms with E-state index in [1.165, 1.54) is 12.1 Å². The molecular formula is C13H11BrFNOS. The van der Waals surface area contributed by atoms with Crippen LogP contribution in [0.4, 0.5) is 4.39 Å². The van der Waals surface area contributed by atoms with E-state index >= 15 is 0 Å². The van der Waals surface area contributed by atoms with Crippen LogP contribution in [0.3, 0.4) is 0 Å². The highest BCUT2D eigenvalue weighted by Gasteiger charge is 2.15. The third kappa shape index (κ3) is 2.79. The second kappa shape index (κ2) is 5.63. The van der Waals surface area contributed by atoms with Gasteiger partial charge < -0.3 is 5.32 Å². The minimum atomic E-state index is -0.439. The van der Waals surface area contributed by atoms with Crippen LogP contribution < -0.4 is 5.32 Å². The number of carbonyl (C=O) groups excluding carboxylic acids is 1. The molecule has 0 saturated heterocycles. The van der Waals surface area contributed by atoms with Crippen molar-refractivity contribution in [2.24, 2.45) is 0 Å². The van der Waals surface area contributed by atoms with Gasteiger partial charge in [0.1, 0.15) is 5.82 Å². The molecule has 1 aromatic carbocycles. The molecule has 0 aliphatic carbocycles. The van der Waals surface area contributed by atoms with Crippen molar-refractivity contribution < 1.29 is 9.18 Å². The predicted octanol–water partition coefficient (Wildman–Crippen LogP) is 4.14. The van der Waals surface area contributed by atoms with E-state index in [-0.39, 0.29) is 16.4 Å². The smallest absolute Gasteiger partial charge is 0.253 e. The van der Waals surface area contributed by atoms with E-state index in [1.807, 2.05) is 23.8 Å². The van der Waals surface area contributed by atoms with Gasteiger partial charge in [-0.1, -0.05) is 6.07 Å². The maximum absolute atomic E-state index is 13.3. The lowest BCUT2D eigenvalue weighted by Gasteiger charge is -2.13. The van der Waals surface area contributed by atoms with Crippen molar-refractivity contribution in [3.8, 4) is 0 Å². The summed E-state index contributed by atoms with van der Waals surface area (Å²) in [7, 11) is 0. The van der Waals surface area contributed by atoms with Crippen LogP contribution in [0.5, 0.6) is 0 Å². The fourth-order valence-electron chi connectivity index (χ4n) is 1.56. The quantitative estimate of drug-likeness (QED) is 0.901. The number of rotatable bonds is 3. The first-order valence-corrected chi connectivity index (χ1v) is 7.10. The van der Waals surface area contributed by atoms with Gasteiger partial charge in [-0.05, 0) is 57.4 Å². The highest BCUT2D eigenvalue weighted by atomic mass is 79.9. The molecule has 1 aromatic heterocycles. The number of thiophene rings is 1. The summed E-state index contributed by atoms with van der Waals surface area (Å²) in [6.07, 6.45) is 0. The molecule has 2 nitrogen and oxygen atoms in total. The largest absolute Gasteiger partial charge is 0.345 e. The lowest BCUT2D eigenvalue weighted by molar-refractivity contribution is 0.0938. The Morgan fingerprint density at radius 1 is 1.44 bits per heavy atom. The van der Waals surface area contributed by atoms with Crippen molar-refractivity contribution >= 4 is 33.2 Å². The number of benzene rings is 1. The molecule has 1 heterocycles. The van der Waals surface area contributed by atoms with Crippen LogP contribution in [-0.4, -0.2) is 5.91 Å². The van der Waals surface area contributed by atoms with Crippen LogP contribution in [0, 0.1) is 5.82 Å². The fraction of sp³-hybridized carbons (Fsp3) is 0.154. The zero-order valence-electron chi connectivity index (χ0n) is 9.61. The summed E-state index contributed by atoms with van der Waals surface area (Å²) < 4.78 is 13.5. The summed E-state index contributed by atoms with van der Waals surface area (Å²) in [5.41, 5.74) is 1.35. The molecular weight excluding hydrogens is 317 g/mol. The number of nitrogens with one attached hydrogen (secondary N) is 1. The van der Waals surface area contributed by atoms with Crippen molar-refractivity contribution in [3.63, 3.8) is 0 Å². The lowest BCUT2D eigenvalue weighted by atomic mass is 10.1. The summed E-state index contributed by atoms with van der Waals surface area (Å²) in [5.74, 6) is -0.731. The van der Waals surface area contributed by atoms with Crippen LogP contribution in [0.1, 0.15) is 28.9 Å². The van der Waals surface area contributed by atoms with Gasteiger partial charge in [0.15, 0.2) is 0 Å². The molecule has 0 bridgehead atoms. The van der Waals surface area contributed by atoms with Gasteiger partial charge in [0.05, 0.1) is 16.1 Å². The monoisotopic (exact) mass is 327 g/mol. The molecule has 0 spiro atoms. The molecule has 2 aromatic rings. The van der Waals surface area contributed by atoms with Crippen LogP contribution in [0.15, 0.2) is 39.5 Å². The Bertz CT molecular complexity index is 556. The Morgan fingerprint density at radius 3 is 2.89 bits per heavy atom. The van der Waals surface area contributed by atoms with Crippen molar-refractivity contribution in [2.75, 3.05) is 0 Å². The molecule has 0 radical (unpaired) electrons. The second-order valence-electron chi connectivity index (χ2n) is 3.85. The standard InChI is InChI=1S/C13H11BrFNOS/c1-8(9-5-6-18-7-9)16-13(17)10-3-2-4-11(15)12(10)14/h2-8H,1H3,(H,16,17). The van der Waals surface area contributed by atoms with E-state index in [9.17, 15) is 9.18 Å². The molecule has 0 saturated carbocycles. The zero-order valence-corrected chi connectivity index (χ0v) is 12.0. The predicted molar refractivity (Wildman–Crippen MR) is 74.3 cm³/mol. The maximum atomic E-state index is 13.3. The molecule has 0 aliphatic heterocycles. The third-order valence-electron chi connectivity index (χ3n) is 2.59. The SMILES string of the molecule is CC(NC(=O)c1cccc(F)c1Br)c1ccsc1. The number of halogens is 2. The Labute approximate surface area is 117 Å². The van der Waals surface area contributed by atoms with Gasteiger partial charge in [-0.25, -0.2) is 4.39 Å². The lowest BCUT2D eigenvalue weighted by Crippen LogP contribution is -2.26. The van der Waals surface area contributed by atoms with E-state index < -0.39 is 5.82 Å². The second-order valence-corrected chi connectivity index (χ2v) is 5.43. The van der Waals surface area contributed by atoms with Gasteiger partial charge >= 0.3 is 0 Å². The first kappa shape index (κ1) is 13.2. The number of hydrogen-bond acceptors (Lipinski definition) is 2. The summed E-state index contributed by atoms with van der Waals surface area (Å²) >= 11 is 4.66. The molecule has 1 amide bonds. The van der Waals surface area contributed by atoms with Gasteiger partial charge in [-0.3, -0.25) is 4.79 Å². The van der Waals surface area contributed by atoms with Crippen LogP contribution in [0.2, 0.25) is 0 Å². The normalized spacial score (nSPS) is 12.2. The van der Waals surface area contributed by atoms with Crippen molar-refractivity contribution in [1.29, 1.82) is 0 Å². The summed E-state index contributed by atoms with van der Waals surface area (Å²) in [4.78, 5) is 12.0. The Hall–Kier alpha value is -1.20. The third-order valence-corrected chi connectivity index (χ3v) is 4.09. The van der Waals surface area contributed by atoms with Crippen LogP contribution in [0.25, 0.3) is 0 Å². The molecule has 1 unspecified atom stereocenters. The molecule has 0 fully saturated rings. The van der Waals surface area contributed by atoms with Gasteiger partial charge in [0, 0.05) is 0 Å². The average Bonchev–Trinajstić information content (AvgIpc) is 2.86. The van der Waals surface area contributed by atoms with Crippen LogP contribution in [-0.2, 0) is 0 Å². The van der Waals surface area contributed by atoms with Crippen molar-refractivity contribution in [3.05, 3.63) is 56.4 Å². The fourth-order valence-corrected chi connectivity index (χ4v) is 2.76. The zero-order chi connectivity index (χ0) is 13.1. The van der Waals surface area contributed by atoms with Gasteiger partial charge in [0.2, 0.25) is 0 Å². The van der Waals surface area contributed by atoms with Gasteiger partial charge in [0.25, 0.3) is 5.91 Å². The molecule has 1 N–H and O–H groups in total. The first-order chi connectivity index (χ1) is 8.59. The molecule has 0 aliphatic rings. The summed E-state index contributed by atoms with van der Waals surface area (Å²) in [6.45, 7) is 1.90. The topological polar surface area (TPSA) is 29.1 Å². The first-order valence-electron chi connectivity index (χ1n) is 5.36. The van der Waals surface area contributed by atoms with E-state index in [0.29, 0.717) is 5.56 Å². The molecule has 1 atom stereocenters.